The molecule has 6 nitrogen and oxygen atoms in total. The van der Waals surface area contributed by atoms with Crippen LogP contribution >= 0.6 is 11.6 Å². The Morgan fingerprint density at radius 1 is 1.50 bits per heavy atom. The number of hydrogen-bond donors (Lipinski definition) is 1. The molecule has 0 saturated heterocycles. The number of fused-ring (bicyclic) bond motifs is 1. The van der Waals surface area contributed by atoms with Gasteiger partial charge in [-0.3, -0.25) is 0 Å². The first-order valence-electron chi connectivity index (χ1n) is 5.88. The second kappa shape index (κ2) is 5.49. The highest BCUT2D eigenvalue weighted by atomic mass is 35.5. The normalized spacial score (nSPS) is 11.7. The summed E-state index contributed by atoms with van der Waals surface area (Å²) in [5.74, 6) is 1.31. The molecule has 0 spiro atoms. The highest BCUT2D eigenvalue weighted by Gasteiger charge is 2.07. The van der Waals surface area contributed by atoms with Crippen LogP contribution in [0.15, 0.2) is 12.4 Å². The minimum absolute atomic E-state index is 0.412. The van der Waals surface area contributed by atoms with Crippen molar-refractivity contribution in [2.24, 2.45) is 0 Å². The van der Waals surface area contributed by atoms with E-state index in [0.29, 0.717) is 17.0 Å². The Labute approximate surface area is 111 Å². The van der Waals surface area contributed by atoms with Gasteiger partial charge in [0, 0.05) is 25.2 Å². The number of likely N-dealkylation sites (N-methyl/N-ethyl adjacent to an activating group) is 1. The standard InChI is InChI=1S/C11H17ClN6/c1-8(2)17(3)5-4-13-10-6-9(12)16-11-14-7-15-18(10)11/h6-8,13H,4-5H2,1-3H3. The third-order valence-corrected chi connectivity index (χ3v) is 3.07. The smallest absolute Gasteiger partial charge is 0.255 e. The first-order chi connectivity index (χ1) is 8.58. The quantitative estimate of drug-likeness (QED) is 0.834. The van der Waals surface area contributed by atoms with Gasteiger partial charge in [-0.2, -0.15) is 19.6 Å². The molecule has 0 atom stereocenters. The third kappa shape index (κ3) is 2.88. The van der Waals surface area contributed by atoms with Crippen LogP contribution in [0.4, 0.5) is 5.82 Å². The van der Waals surface area contributed by atoms with Gasteiger partial charge in [0.1, 0.15) is 17.3 Å². The molecule has 0 radical (unpaired) electrons. The van der Waals surface area contributed by atoms with Crippen LogP contribution in [0.1, 0.15) is 13.8 Å². The molecule has 18 heavy (non-hydrogen) atoms. The van der Waals surface area contributed by atoms with Crippen LogP contribution in [-0.4, -0.2) is 50.7 Å². The molecule has 2 aromatic heterocycles. The molecule has 2 rings (SSSR count). The molecular weight excluding hydrogens is 252 g/mol. The molecule has 0 aliphatic carbocycles. The Kier molecular flexibility index (Phi) is 3.98. The Bertz CT molecular complexity index is 523. The Balaban J connectivity index is 2.05. The van der Waals surface area contributed by atoms with Crippen LogP contribution in [0.5, 0.6) is 0 Å². The van der Waals surface area contributed by atoms with Crippen LogP contribution in [0, 0.1) is 0 Å². The molecule has 0 amide bonds. The number of halogens is 1. The van der Waals surface area contributed by atoms with Gasteiger partial charge >= 0.3 is 0 Å². The second-order valence-corrected chi connectivity index (χ2v) is 4.82. The van der Waals surface area contributed by atoms with E-state index < -0.39 is 0 Å². The molecule has 2 aromatic rings. The van der Waals surface area contributed by atoms with Crippen molar-refractivity contribution in [1.82, 2.24) is 24.5 Å². The van der Waals surface area contributed by atoms with Crippen molar-refractivity contribution in [3.63, 3.8) is 0 Å². The van der Waals surface area contributed by atoms with Gasteiger partial charge in [0.15, 0.2) is 0 Å². The fourth-order valence-electron chi connectivity index (χ4n) is 1.53. The van der Waals surface area contributed by atoms with E-state index in [0.717, 1.165) is 18.9 Å². The van der Waals surface area contributed by atoms with Crippen molar-refractivity contribution in [1.29, 1.82) is 0 Å². The summed E-state index contributed by atoms with van der Waals surface area (Å²) in [4.78, 5) is 10.3. The molecule has 2 heterocycles. The molecule has 0 aliphatic heterocycles. The maximum absolute atomic E-state index is 5.93. The summed E-state index contributed by atoms with van der Waals surface area (Å²) in [6.45, 7) is 6.08. The Morgan fingerprint density at radius 2 is 2.28 bits per heavy atom. The summed E-state index contributed by atoms with van der Waals surface area (Å²) in [5, 5.41) is 7.81. The zero-order valence-corrected chi connectivity index (χ0v) is 11.5. The molecular formula is C11H17ClN6. The van der Waals surface area contributed by atoms with Crippen molar-refractivity contribution >= 4 is 23.2 Å². The summed E-state index contributed by atoms with van der Waals surface area (Å²) >= 11 is 5.93. The molecule has 0 fully saturated rings. The Hall–Kier alpha value is -1.40. The van der Waals surface area contributed by atoms with Gasteiger partial charge < -0.3 is 10.2 Å². The second-order valence-electron chi connectivity index (χ2n) is 4.44. The fourth-order valence-corrected chi connectivity index (χ4v) is 1.71. The summed E-state index contributed by atoms with van der Waals surface area (Å²) in [5.41, 5.74) is 0. The number of hydrogen-bond acceptors (Lipinski definition) is 5. The van der Waals surface area contributed by atoms with Gasteiger partial charge in [-0.05, 0) is 20.9 Å². The average Bonchev–Trinajstić information content (AvgIpc) is 2.76. The Morgan fingerprint density at radius 3 is 3.00 bits per heavy atom. The summed E-state index contributed by atoms with van der Waals surface area (Å²) in [6.07, 6.45) is 1.46. The van der Waals surface area contributed by atoms with E-state index in [2.05, 4.69) is 46.2 Å². The lowest BCUT2D eigenvalue weighted by Gasteiger charge is -2.21. The maximum Gasteiger partial charge on any atom is 0.255 e. The van der Waals surface area contributed by atoms with Crippen LogP contribution in [0.2, 0.25) is 5.15 Å². The van der Waals surface area contributed by atoms with Crippen molar-refractivity contribution in [3.8, 4) is 0 Å². The number of nitrogens with one attached hydrogen (secondary N) is 1. The van der Waals surface area contributed by atoms with Crippen LogP contribution in [0.3, 0.4) is 0 Å². The number of anilines is 1. The van der Waals surface area contributed by atoms with E-state index in [1.807, 2.05) is 0 Å². The molecule has 1 N–H and O–H groups in total. The van der Waals surface area contributed by atoms with Crippen molar-refractivity contribution in [2.75, 3.05) is 25.5 Å². The van der Waals surface area contributed by atoms with Gasteiger partial charge in [0.25, 0.3) is 5.78 Å². The average molecular weight is 269 g/mol. The summed E-state index contributed by atoms with van der Waals surface area (Å²) in [7, 11) is 2.09. The van der Waals surface area contributed by atoms with E-state index in [1.54, 1.807) is 10.6 Å². The minimum Gasteiger partial charge on any atom is -0.369 e. The van der Waals surface area contributed by atoms with E-state index in [1.165, 1.54) is 6.33 Å². The van der Waals surface area contributed by atoms with Gasteiger partial charge in [-0.1, -0.05) is 11.6 Å². The SMILES string of the molecule is CC(C)N(C)CCNc1cc(Cl)nc2ncnn12. The zero-order chi connectivity index (χ0) is 13.1. The number of nitrogens with zero attached hydrogens (tertiary/aromatic N) is 5. The zero-order valence-electron chi connectivity index (χ0n) is 10.8. The number of rotatable bonds is 5. The van der Waals surface area contributed by atoms with Gasteiger partial charge in [-0.15, -0.1) is 0 Å². The van der Waals surface area contributed by atoms with E-state index in [4.69, 9.17) is 11.6 Å². The predicted molar refractivity (Wildman–Crippen MR) is 72.0 cm³/mol. The van der Waals surface area contributed by atoms with Gasteiger partial charge in [0.05, 0.1) is 0 Å². The highest BCUT2D eigenvalue weighted by Crippen LogP contribution is 2.14. The van der Waals surface area contributed by atoms with Gasteiger partial charge in [0.2, 0.25) is 0 Å². The lowest BCUT2D eigenvalue weighted by Crippen LogP contribution is -2.31. The minimum atomic E-state index is 0.412. The largest absolute Gasteiger partial charge is 0.369 e. The molecule has 0 saturated carbocycles. The lowest BCUT2D eigenvalue weighted by atomic mass is 10.3. The molecule has 98 valence electrons. The molecule has 0 aliphatic rings. The topological polar surface area (TPSA) is 58.3 Å². The van der Waals surface area contributed by atoms with Crippen molar-refractivity contribution in [3.05, 3.63) is 17.5 Å². The summed E-state index contributed by atoms with van der Waals surface area (Å²) < 4.78 is 1.64. The first-order valence-corrected chi connectivity index (χ1v) is 6.26. The van der Waals surface area contributed by atoms with Gasteiger partial charge in [-0.25, -0.2) is 0 Å². The maximum atomic E-state index is 5.93. The van der Waals surface area contributed by atoms with Crippen LogP contribution in [0.25, 0.3) is 5.78 Å². The molecule has 0 aromatic carbocycles. The monoisotopic (exact) mass is 268 g/mol. The van der Waals surface area contributed by atoms with Crippen LogP contribution < -0.4 is 5.32 Å². The molecule has 7 heteroatoms. The predicted octanol–water partition coefficient (Wildman–Crippen LogP) is 1.53. The third-order valence-electron chi connectivity index (χ3n) is 2.87. The highest BCUT2D eigenvalue weighted by molar-refractivity contribution is 6.29. The van der Waals surface area contributed by atoms with E-state index >= 15 is 0 Å². The molecule has 0 bridgehead atoms. The van der Waals surface area contributed by atoms with Crippen molar-refractivity contribution in [2.45, 2.75) is 19.9 Å². The van der Waals surface area contributed by atoms with E-state index in [9.17, 15) is 0 Å². The van der Waals surface area contributed by atoms with Crippen LogP contribution in [-0.2, 0) is 0 Å². The van der Waals surface area contributed by atoms with E-state index in [-0.39, 0.29) is 0 Å². The fraction of sp³-hybridized carbons (Fsp3) is 0.545. The lowest BCUT2D eigenvalue weighted by molar-refractivity contribution is 0.284. The summed E-state index contributed by atoms with van der Waals surface area (Å²) in [6, 6.07) is 2.28. The molecule has 0 unspecified atom stereocenters. The first kappa shape index (κ1) is 13.0. The van der Waals surface area contributed by atoms with Crippen molar-refractivity contribution < 1.29 is 0 Å². The number of aromatic nitrogens is 4.